The van der Waals surface area contributed by atoms with Crippen molar-refractivity contribution in [2.24, 2.45) is 5.92 Å². The van der Waals surface area contributed by atoms with Gasteiger partial charge in [0, 0.05) is 12.6 Å². The van der Waals surface area contributed by atoms with Crippen molar-refractivity contribution in [3.05, 3.63) is 0 Å². The van der Waals surface area contributed by atoms with Crippen LogP contribution in [0.1, 0.15) is 27.7 Å². The van der Waals surface area contributed by atoms with Gasteiger partial charge in [-0.15, -0.1) is 0 Å². The molecule has 0 saturated heterocycles. The van der Waals surface area contributed by atoms with Crippen LogP contribution in [0.15, 0.2) is 0 Å². The summed E-state index contributed by atoms with van der Waals surface area (Å²) in [4.78, 5) is 11.4. The average molecular weight is 202 g/mol. The molecule has 1 amide bonds. The predicted octanol–water partition coefficient (Wildman–Crippen LogP) is 0.118. The van der Waals surface area contributed by atoms with E-state index in [1.54, 1.807) is 6.92 Å². The Labute approximate surface area is 86.1 Å². The molecule has 0 aromatic rings. The molecule has 0 aromatic heterocycles. The first-order valence-electron chi connectivity index (χ1n) is 5.17. The first kappa shape index (κ1) is 13.4. The van der Waals surface area contributed by atoms with Crippen LogP contribution in [0.5, 0.6) is 0 Å². The van der Waals surface area contributed by atoms with E-state index in [4.69, 9.17) is 5.11 Å². The molecule has 0 aliphatic carbocycles. The Morgan fingerprint density at radius 2 is 1.93 bits per heavy atom. The fourth-order valence-electron chi connectivity index (χ4n) is 1.18. The van der Waals surface area contributed by atoms with Crippen LogP contribution in [0.4, 0.5) is 0 Å². The van der Waals surface area contributed by atoms with Crippen molar-refractivity contribution in [2.75, 3.05) is 13.2 Å². The van der Waals surface area contributed by atoms with Crippen molar-refractivity contribution in [2.45, 2.75) is 39.8 Å². The van der Waals surface area contributed by atoms with Crippen LogP contribution >= 0.6 is 0 Å². The summed E-state index contributed by atoms with van der Waals surface area (Å²) in [6.45, 7) is 8.40. The van der Waals surface area contributed by atoms with Crippen molar-refractivity contribution >= 4 is 5.91 Å². The quantitative estimate of drug-likeness (QED) is 0.573. The number of carbonyl (C=O) groups excluding carboxylic acids is 1. The van der Waals surface area contributed by atoms with Gasteiger partial charge in [0.2, 0.25) is 5.91 Å². The van der Waals surface area contributed by atoms with Gasteiger partial charge < -0.3 is 15.7 Å². The van der Waals surface area contributed by atoms with Gasteiger partial charge in [-0.25, -0.2) is 0 Å². The van der Waals surface area contributed by atoms with Crippen LogP contribution in [0.3, 0.4) is 0 Å². The zero-order chi connectivity index (χ0) is 11.1. The average Bonchev–Trinajstić information content (AvgIpc) is 2.13. The summed E-state index contributed by atoms with van der Waals surface area (Å²) >= 11 is 0. The largest absolute Gasteiger partial charge is 0.395 e. The summed E-state index contributed by atoms with van der Waals surface area (Å²) in [5, 5.41) is 14.9. The standard InChI is InChI=1S/C10H22N2O2/c1-5-11-10(14)8(4)12-9(6-13)7(2)3/h7-9,12-13H,5-6H2,1-4H3,(H,11,14). The Morgan fingerprint density at radius 1 is 1.36 bits per heavy atom. The van der Waals surface area contributed by atoms with Gasteiger partial charge in [-0.05, 0) is 19.8 Å². The summed E-state index contributed by atoms with van der Waals surface area (Å²) in [6.07, 6.45) is 0. The third kappa shape index (κ3) is 4.58. The molecule has 0 radical (unpaired) electrons. The number of carbonyl (C=O) groups is 1. The molecule has 0 aromatic carbocycles. The molecule has 0 saturated carbocycles. The first-order valence-corrected chi connectivity index (χ1v) is 5.17. The lowest BCUT2D eigenvalue weighted by atomic mass is 10.0. The van der Waals surface area contributed by atoms with Gasteiger partial charge >= 0.3 is 0 Å². The predicted molar refractivity (Wildman–Crippen MR) is 57.0 cm³/mol. The van der Waals surface area contributed by atoms with Gasteiger partial charge in [-0.1, -0.05) is 13.8 Å². The summed E-state index contributed by atoms with van der Waals surface area (Å²) in [7, 11) is 0. The van der Waals surface area contributed by atoms with E-state index in [-0.39, 0.29) is 24.6 Å². The zero-order valence-electron chi connectivity index (χ0n) is 9.50. The van der Waals surface area contributed by atoms with E-state index >= 15 is 0 Å². The normalized spacial score (nSPS) is 15.3. The van der Waals surface area contributed by atoms with E-state index in [1.807, 2.05) is 20.8 Å². The Kier molecular flexibility index (Phi) is 6.49. The second kappa shape index (κ2) is 6.79. The third-order valence-electron chi connectivity index (χ3n) is 2.21. The number of aliphatic hydroxyl groups excluding tert-OH is 1. The molecule has 2 atom stereocenters. The number of rotatable bonds is 6. The topological polar surface area (TPSA) is 61.4 Å². The molecule has 0 rings (SSSR count). The molecule has 2 unspecified atom stereocenters. The van der Waals surface area contributed by atoms with Crippen LogP contribution in [-0.4, -0.2) is 36.2 Å². The summed E-state index contributed by atoms with van der Waals surface area (Å²) in [6, 6.07) is -0.276. The first-order chi connectivity index (χ1) is 6.52. The number of hydrogen-bond acceptors (Lipinski definition) is 3. The fraction of sp³-hybridized carbons (Fsp3) is 0.900. The maximum Gasteiger partial charge on any atom is 0.236 e. The van der Waals surface area contributed by atoms with E-state index in [2.05, 4.69) is 10.6 Å². The van der Waals surface area contributed by atoms with E-state index in [0.717, 1.165) is 0 Å². The monoisotopic (exact) mass is 202 g/mol. The second-order valence-electron chi connectivity index (χ2n) is 3.82. The number of hydrogen-bond donors (Lipinski definition) is 3. The zero-order valence-corrected chi connectivity index (χ0v) is 9.50. The van der Waals surface area contributed by atoms with Gasteiger partial charge in [-0.3, -0.25) is 4.79 Å². The van der Waals surface area contributed by atoms with Gasteiger partial charge in [0.25, 0.3) is 0 Å². The molecule has 0 aliphatic rings. The van der Waals surface area contributed by atoms with Crippen LogP contribution in [0, 0.1) is 5.92 Å². The lowest BCUT2D eigenvalue weighted by Crippen LogP contribution is -2.49. The molecule has 0 bridgehead atoms. The van der Waals surface area contributed by atoms with Crippen LogP contribution < -0.4 is 10.6 Å². The fourth-order valence-corrected chi connectivity index (χ4v) is 1.18. The maximum absolute atomic E-state index is 11.4. The molecular formula is C10H22N2O2. The highest BCUT2D eigenvalue weighted by molar-refractivity contribution is 5.81. The Hall–Kier alpha value is -0.610. The highest BCUT2D eigenvalue weighted by Crippen LogP contribution is 2.01. The van der Waals surface area contributed by atoms with E-state index in [1.165, 1.54) is 0 Å². The van der Waals surface area contributed by atoms with Gasteiger partial charge in [0.1, 0.15) is 0 Å². The minimum absolute atomic E-state index is 0.0207. The Morgan fingerprint density at radius 3 is 2.29 bits per heavy atom. The minimum atomic E-state index is -0.255. The van der Waals surface area contributed by atoms with E-state index in [0.29, 0.717) is 12.5 Å². The maximum atomic E-state index is 11.4. The highest BCUT2D eigenvalue weighted by Gasteiger charge is 2.18. The Bertz CT molecular complexity index is 172. The van der Waals surface area contributed by atoms with Crippen LogP contribution in [0.2, 0.25) is 0 Å². The molecule has 4 nitrogen and oxygen atoms in total. The lowest BCUT2D eigenvalue weighted by Gasteiger charge is -2.23. The molecule has 84 valence electrons. The molecule has 0 fully saturated rings. The third-order valence-corrected chi connectivity index (χ3v) is 2.21. The van der Waals surface area contributed by atoms with Crippen molar-refractivity contribution in [3.63, 3.8) is 0 Å². The lowest BCUT2D eigenvalue weighted by molar-refractivity contribution is -0.123. The highest BCUT2D eigenvalue weighted by atomic mass is 16.3. The number of aliphatic hydroxyl groups is 1. The van der Waals surface area contributed by atoms with Crippen molar-refractivity contribution < 1.29 is 9.90 Å². The summed E-state index contributed by atoms with van der Waals surface area (Å²) in [5.41, 5.74) is 0. The molecular weight excluding hydrogens is 180 g/mol. The molecule has 0 spiro atoms. The molecule has 14 heavy (non-hydrogen) atoms. The van der Waals surface area contributed by atoms with Crippen LogP contribution in [-0.2, 0) is 4.79 Å². The number of amides is 1. The van der Waals surface area contributed by atoms with Crippen molar-refractivity contribution in [3.8, 4) is 0 Å². The number of likely N-dealkylation sites (N-methyl/N-ethyl adjacent to an activating group) is 1. The van der Waals surface area contributed by atoms with Crippen LogP contribution in [0.25, 0.3) is 0 Å². The second-order valence-corrected chi connectivity index (χ2v) is 3.82. The number of nitrogens with one attached hydrogen (secondary N) is 2. The SMILES string of the molecule is CCNC(=O)C(C)NC(CO)C(C)C. The molecule has 4 heteroatoms. The van der Waals surface area contributed by atoms with Gasteiger partial charge in [0.05, 0.1) is 12.6 Å². The van der Waals surface area contributed by atoms with Crippen molar-refractivity contribution in [1.29, 1.82) is 0 Å². The molecule has 0 aliphatic heterocycles. The summed E-state index contributed by atoms with van der Waals surface area (Å²) in [5.74, 6) is 0.295. The molecule has 3 N–H and O–H groups in total. The molecule has 0 heterocycles. The summed E-state index contributed by atoms with van der Waals surface area (Å²) < 4.78 is 0. The van der Waals surface area contributed by atoms with Gasteiger partial charge in [0.15, 0.2) is 0 Å². The smallest absolute Gasteiger partial charge is 0.236 e. The van der Waals surface area contributed by atoms with E-state index in [9.17, 15) is 4.79 Å². The van der Waals surface area contributed by atoms with Crippen molar-refractivity contribution in [1.82, 2.24) is 10.6 Å². The van der Waals surface area contributed by atoms with E-state index < -0.39 is 0 Å². The van der Waals surface area contributed by atoms with Gasteiger partial charge in [-0.2, -0.15) is 0 Å². The Balaban J connectivity index is 4.01. The minimum Gasteiger partial charge on any atom is -0.395 e.